The summed E-state index contributed by atoms with van der Waals surface area (Å²) < 4.78 is 4.73. The number of phenolic OH excluding ortho intramolecular Hbond substituents is 1. The summed E-state index contributed by atoms with van der Waals surface area (Å²) in [6, 6.07) is 9.59. The predicted octanol–water partition coefficient (Wildman–Crippen LogP) is 3.35. The van der Waals surface area contributed by atoms with Crippen molar-refractivity contribution in [3.63, 3.8) is 0 Å². The molecular weight excluding hydrogens is 286 g/mol. The second-order valence-electron chi connectivity index (χ2n) is 4.14. The largest absolute Gasteiger partial charge is 0.506 e. The zero-order valence-corrected chi connectivity index (χ0v) is 11.9. The molecule has 0 saturated carbocycles. The summed E-state index contributed by atoms with van der Waals surface area (Å²) in [6.07, 6.45) is -0.613. The first-order valence-corrected chi connectivity index (χ1v) is 6.50. The number of aromatic hydroxyl groups is 1. The smallest absolute Gasteiger partial charge is 0.412 e. The highest BCUT2D eigenvalue weighted by atomic mass is 16.5. The van der Waals surface area contributed by atoms with E-state index < -0.39 is 6.09 Å². The third kappa shape index (κ3) is 3.92. The molecule has 0 fully saturated rings. The Balaban J connectivity index is 2.13. The number of aromatic nitrogens is 1. The Morgan fingerprint density at radius 3 is 2.68 bits per heavy atom. The highest BCUT2D eigenvalue weighted by Crippen LogP contribution is 2.29. The number of anilines is 2. The Hall–Kier alpha value is -3.16. The van der Waals surface area contributed by atoms with E-state index in [4.69, 9.17) is 10.5 Å². The van der Waals surface area contributed by atoms with Crippen LogP contribution in [0.3, 0.4) is 0 Å². The van der Waals surface area contributed by atoms with E-state index >= 15 is 0 Å². The van der Waals surface area contributed by atoms with Gasteiger partial charge in [0.15, 0.2) is 5.82 Å². The highest BCUT2D eigenvalue weighted by molar-refractivity contribution is 5.84. The van der Waals surface area contributed by atoms with Gasteiger partial charge >= 0.3 is 6.09 Å². The first-order chi connectivity index (χ1) is 10.6. The Kier molecular flexibility index (Phi) is 4.86. The van der Waals surface area contributed by atoms with Gasteiger partial charge < -0.3 is 15.6 Å². The van der Waals surface area contributed by atoms with E-state index in [2.05, 4.69) is 20.5 Å². The van der Waals surface area contributed by atoms with Crippen LogP contribution >= 0.6 is 0 Å². The Labute approximate surface area is 126 Å². The molecule has 114 valence electrons. The molecule has 0 bridgehead atoms. The summed E-state index contributed by atoms with van der Waals surface area (Å²) in [5.74, 6) is 0.351. The third-order valence-corrected chi connectivity index (χ3v) is 2.56. The van der Waals surface area contributed by atoms with Crippen LogP contribution in [0.5, 0.6) is 5.75 Å². The monoisotopic (exact) mass is 301 g/mol. The second kappa shape index (κ2) is 7.02. The fourth-order valence-electron chi connectivity index (χ4n) is 1.55. The minimum Gasteiger partial charge on any atom is -0.506 e. The van der Waals surface area contributed by atoms with Crippen molar-refractivity contribution < 1.29 is 14.6 Å². The zero-order valence-electron chi connectivity index (χ0n) is 11.9. The van der Waals surface area contributed by atoms with Crippen LogP contribution in [0.25, 0.3) is 0 Å². The van der Waals surface area contributed by atoms with E-state index in [1.165, 1.54) is 12.1 Å². The van der Waals surface area contributed by atoms with Gasteiger partial charge in [0.2, 0.25) is 0 Å². The Morgan fingerprint density at radius 1 is 1.27 bits per heavy atom. The van der Waals surface area contributed by atoms with Gasteiger partial charge in [-0.1, -0.05) is 12.1 Å². The second-order valence-corrected chi connectivity index (χ2v) is 4.14. The van der Waals surface area contributed by atoms with Gasteiger partial charge in [-0.3, -0.25) is 5.32 Å². The number of pyridine rings is 1. The normalized spacial score (nSPS) is 10.6. The highest BCUT2D eigenvalue weighted by Gasteiger charge is 2.06. The zero-order chi connectivity index (χ0) is 15.9. The van der Waals surface area contributed by atoms with Crippen molar-refractivity contribution in [3.05, 3.63) is 36.4 Å². The number of nitrogen functional groups attached to an aromatic ring is 1. The van der Waals surface area contributed by atoms with Crippen molar-refractivity contribution in [2.24, 2.45) is 10.2 Å². The first-order valence-electron chi connectivity index (χ1n) is 6.50. The van der Waals surface area contributed by atoms with E-state index in [1.807, 2.05) is 0 Å². The number of hydrogen-bond acceptors (Lipinski definition) is 7. The number of nitrogens with zero attached hydrogens (tertiary/aromatic N) is 3. The van der Waals surface area contributed by atoms with E-state index in [0.29, 0.717) is 11.4 Å². The summed E-state index contributed by atoms with van der Waals surface area (Å²) in [5.41, 5.74) is 6.39. The summed E-state index contributed by atoms with van der Waals surface area (Å²) in [4.78, 5) is 15.3. The van der Waals surface area contributed by atoms with Crippen LogP contribution in [0.15, 0.2) is 46.6 Å². The predicted molar refractivity (Wildman–Crippen MR) is 81.6 cm³/mol. The van der Waals surface area contributed by atoms with Crippen LogP contribution in [0.1, 0.15) is 6.92 Å². The summed E-state index contributed by atoms with van der Waals surface area (Å²) in [6.45, 7) is 1.96. The van der Waals surface area contributed by atoms with Gasteiger partial charge in [0, 0.05) is 0 Å². The summed E-state index contributed by atoms with van der Waals surface area (Å²) in [5, 5.41) is 19.8. The molecular formula is C14H15N5O3. The average molecular weight is 301 g/mol. The van der Waals surface area contributed by atoms with Gasteiger partial charge in [-0.2, -0.15) is 0 Å². The molecule has 8 nitrogen and oxygen atoms in total. The molecule has 8 heteroatoms. The minimum absolute atomic E-state index is 0.0124. The molecule has 0 radical (unpaired) electrons. The lowest BCUT2D eigenvalue weighted by molar-refractivity contribution is 0.168. The van der Waals surface area contributed by atoms with Gasteiger partial charge in [0.25, 0.3) is 0 Å². The molecule has 1 aromatic heterocycles. The summed E-state index contributed by atoms with van der Waals surface area (Å²) in [7, 11) is 0. The molecule has 0 aliphatic heterocycles. The number of ether oxygens (including phenoxy) is 1. The number of carbonyl (C=O) groups is 1. The molecule has 1 heterocycles. The summed E-state index contributed by atoms with van der Waals surface area (Å²) >= 11 is 0. The SMILES string of the molecule is CCOC(=O)Nc1ccc(/N=N/c2ccccc2O)c(N)n1. The van der Waals surface area contributed by atoms with Gasteiger partial charge in [0.1, 0.15) is 22.9 Å². The lowest BCUT2D eigenvalue weighted by Crippen LogP contribution is -2.14. The number of para-hydroxylation sites is 1. The fourth-order valence-corrected chi connectivity index (χ4v) is 1.55. The number of benzene rings is 1. The average Bonchev–Trinajstić information content (AvgIpc) is 2.48. The molecule has 0 saturated heterocycles. The number of amides is 1. The molecule has 1 amide bonds. The first kappa shape index (κ1) is 15.2. The number of nitrogens with two attached hydrogens (primary N) is 1. The molecule has 0 atom stereocenters. The number of phenols is 1. The van der Waals surface area contributed by atoms with E-state index in [9.17, 15) is 9.90 Å². The van der Waals surface area contributed by atoms with Crippen molar-refractivity contribution in [2.45, 2.75) is 6.92 Å². The van der Waals surface area contributed by atoms with Gasteiger partial charge in [0.05, 0.1) is 6.61 Å². The molecule has 4 N–H and O–H groups in total. The number of nitrogens with one attached hydrogen (secondary N) is 1. The van der Waals surface area contributed by atoms with E-state index in [-0.39, 0.29) is 24.0 Å². The molecule has 0 aliphatic carbocycles. The van der Waals surface area contributed by atoms with Crippen molar-refractivity contribution in [1.82, 2.24) is 4.98 Å². The molecule has 22 heavy (non-hydrogen) atoms. The molecule has 0 spiro atoms. The van der Waals surface area contributed by atoms with Crippen LogP contribution in [0.2, 0.25) is 0 Å². The van der Waals surface area contributed by atoms with Crippen LogP contribution in [-0.4, -0.2) is 22.8 Å². The van der Waals surface area contributed by atoms with Crippen molar-refractivity contribution >= 4 is 29.1 Å². The van der Waals surface area contributed by atoms with E-state index in [0.717, 1.165) is 0 Å². The van der Waals surface area contributed by atoms with E-state index in [1.54, 1.807) is 31.2 Å². The third-order valence-electron chi connectivity index (χ3n) is 2.56. The lowest BCUT2D eigenvalue weighted by Gasteiger charge is -2.05. The Bertz CT molecular complexity index is 703. The van der Waals surface area contributed by atoms with Crippen LogP contribution in [-0.2, 0) is 4.74 Å². The number of carbonyl (C=O) groups excluding carboxylic acids is 1. The van der Waals surface area contributed by atoms with Crippen molar-refractivity contribution in [3.8, 4) is 5.75 Å². The Morgan fingerprint density at radius 2 is 2.00 bits per heavy atom. The maximum Gasteiger partial charge on any atom is 0.412 e. The van der Waals surface area contributed by atoms with Crippen LogP contribution < -0.4 is 11.1 Å². The van der Waals surface area contributed by atoms with Crippen molar-refractivity contribution in [1.29, 1.82) is 0 Å². The van der Waals surface area contributed by atoms with Crippen molar-refractivity contribution in [2.75, 3.05) is 17.7 Å². The molecule has 0 aliphatic rings. The maximum atomic E-state index is 11.3. The quantitative estimate of drug-likeness (QED) is 0.747. The molecule has 2 aromatic rings. The number of azo groups is 1. The number of rotatable bonds is 4. The standard InChI is InChI=1S/C14H15N5O3/c1-2-22-14(21)17-12-8-7-10(13(15)16-12)19-18-9-5-3-4-6-11(9)20/h3-8,20H,2H2,1H3,(H3,15,16,17,21)/b19-18+. The van der Waals surface area contributed by atoms with Gasteiger partial charge in [-0.05, 0) is 31.2 Å². The topological polar surface area (TPSA) is 122 Å². The van der Waals surface area contributed by atoms with Crippen LogP contribution in [0, 0.1) is 0 Å². The molecule has 1 aromatic carbocycles. The molecule has 2 rings (SSSR count). The fraction of sp³-hybridized carbons (Fsp3) is 0.143. The molecule has 0 unspecified atom stereocenters. The van der Waals surface area contributed by atoms with Gasteiger partial charge in [-0.15, -0.1) is 10.2 Å². The lowest BCUT2D eigenvalue weighted by atomic mass is 10.3. The maximum absolute atomic E-state index is 11.3. The minimum atomic E-state index is -0.613. The van der Waals surface area contributed by atoms with Crippen LogP contribution in [0.4, 0.5) is 27.8 Å². The number of hydrogen-bond donors (Lipinski definition) is 3. The van der Waals surface area contributed by atoms with Gasteiger partial charge in [-0.25, -0.2) is 9.78 Å².